The fourth-order valence-electron chi connectivity index (χ4n) is 2.46. The van der Waals surface area contributed by atoms with E-state index >= 15 is 0 Å². The summed E-state index contributed by atoms with van der Waals surface area (Å²) in [7, 11) is 0. The molecule has 5 nitrogen and oxygen atoms in total. The number of carbonyl (C=O) groups is 3. The second kappa shape index (κ2) is 6.63. The van der Waals surface area contributed by atoms with Gasteiger partial charge in [0.05, 0.1) is 21.8 Å². The highest BCUT2D eigenvalue weighted by molar-refractivity contribution is 6.35. The first kappa shape index (κ1) is 16.5. The van der Waals surface area contributed by atoms with Gasteiger partial charge in [-0.1, -0.05) is 35.3 Å². The predicted molar refractivity (Wildman–Crippen MR) is 91.5 cm³/mol. The van der Waals surface area contributed by atoms with Crippen molar-refractivity contribution in [3.63, 3.8) is 0 Å². The molecule has 24 heavy (non-hydrogen) atoms. The maximum atomic E-state index is 12.2. The SMILES string of the molecule is O=C(CCN1C(=O)c2ccccc2C1=O)Nc1cc(Cl)ccc1Cl. The third-order valence-electron chi connectivity index (χ3n) is 3.64. The number of hydrogen-bond acceptors (Lipinski definition) is 3. The lowest BCUT2D eigenvalue weighted by Crippen LogP contribution is -2.32. The number of hydrogen-bond donors (Lipinski definition) is 1. The van der Waals surface area contributed by atoms with Gasteiger partial charge in [-0.3, -0.25) is 19.3 Å². The molecule has 0 saturated heterocycles. The molecule has 3 amide bonds. The van der Waals surface area contributed by atoms with Crippen LogP contribution in [0.2, 0.25) is 10.0 Å². The Hall–Kier alpha value is -2.37. The highest BCUT2D eigenvalue weighted by atomic mass is 35.5. The summed E-state index contributed by atoms with van der Waals surface area (Å²) in [4.78, 5) is 37.6. The van der Waals surface area contributed by atoms with E-state index < -0.39 is 0 Å². The van der Waals surface area contributed by atoms with Gasteiger partial charge in [-0.15, -0.1) is 0 Å². The maximum absolute atomic E-state index is 12.2. The molecule has 0 spiro atoms. The summed E-state index contributed by atoms with van der Waals surface area (Å²) in [5.41, 5.74) is 1.11. The van der Waals surface area contributed by atoms with Crippen LogP contribution in [0.4, 0.5) is 5.69 Å². The molecule has 2 aromatic carbocycles. The number of fused-ring (bicyclic) bond motifs is 1. The second-order valence-corrected chi connectivity index (χ2v) is 6.07. The third-order valence-corrected chi connectivity index (χ3v) is 4.21. The molecule has 1 aliphatic heterocycles. The van der Waals surface area contributed by atoms with Gasteiger partial charge in [0.2, 0.25) is 5.91 Å². The normalized spacial score (nSPS) is 13.2. The molecule has 0 unspecified atom stereocenters. The minimum absolute atomic E-state index is 0.00361. The fraction of sp³-hybridized carbons (Fsp3) is 0.118. The lowest BCUT2D eigenvalue weighted by Gasteiger charge is -2.14. The molecule has 0 radical (unpaired) electrons. The van der Waals surface area contributed by atoms with Crippen LogP contribution in [0.15, 0.2) is 42.5 Å². The van der Waals surface area contributed by atoms with E-state index in [2.05, 4.69) is 5.32 Å². The minimum Gasteiger partial charge on any atom is -0.325 e. The van der Waals surface area contributed by atoms with E-state index in [0.29, 0.717) is 26.9 Å². The Kier molecular flexibility index (Phi) is 4.55. The molecule has 122 valence electrons. The molecule has 0 aliphatic carbocycles. The summed E-state index contributed by atoms with van der Waals surface area (Å²) < 4.78 is 0. The summed E-state index contributed by atoms with van der Waals surface area (Å²) >= 11 is 11.8. The fourth-order valence-corrected chi connectivity index (χ4v) is 2.80. The molecule has 0 fully saturated rings. The molecular weight excluding hydrogens is 351 g/mol. The summed E-state index contributed by atoms with van der Waals surface area (Å²) in [5.74, 6) is -1.14. The number of rotatable bonds is 4. The van der Waals surface area contributed by atoms with E-state index in [1.165, 1.54) is 6.07 Å². The largest absolute Gasteiger partial charge is 0.325 e. The lowest BCUT2D eigenvalue weighted by atomic mass is 10.1. The zero-order valence-corrected chi connectivity index (χ0v) is 13.9. The highest BCUT2D eigenvalue weighted by Crippen LogP contribution is 2.26. The van der Waals surface area contributed by atoms with Gasteiger partial charge >= 0.3 is 0 Å². The monoisotopic (exact) mass is 362 g/mol. The van der Waals surface area contributed by atoms with E-state index in [0.717, 1.165) is 4.90 Å². The predicted octanol–water partition coefficient (Wildman–Crippen LogP) is 3.62. The van der Waals surface area contributed by atoms with Gasteiger partial charge in [-0.25, -0.2) is 0 Å². The van der Waals surface area contributed by atoms with Crippen molar-refractivity contribution in [3.8, 4) is 0 Å². The third kappa shape index (κ3) is 3.13. The zero-order chi connectivity index (χ0) is 17.3. The molecule has 1 heterocycles. The van der Waals surface area contributed by atoms with Crippen LogP contribution in [0.1, 0.15) is 27.1 Å². The van der Waals surface area contributed by atoms with Gasteiger partial charge in [0.15, 0.2) is 0 Å². The Morgan fingerprint density at radius 1 is 1.00 bits per heavy atom. The van der Waals surface area contributed by atoms with Crippen molar-refractivity contribution in [2.75, 3.05) is 11.9 Å². The number of nitrogens with zero attached hydrogens (tertiary/aromatic N) is 1. The standard InChI is InChI=1S/C17H12Cl2N2O3/c18-10-5-6-13(19)14(9-10)20-15(22)7-8-21-16(23)11-3-1-2-4-12(11)17(21)24/h1-6,9H,7-8H2,(H,20,22). The average molecular weight is 363 g/mol. The number of amides is 3. The molecule has 3 rings (SSSR count). The number of benzene rings is 2. The van der Waals surface area contributed by atoms with Crippen molar-refractivity contribution < 1.29 is 14.4 Å². The quantitative estimate of drug-likeness (QED) is 0.844. The van der Waals surface area contributed by atoms with Crippen molar-refractivity contribution in [1.82, 2.24) is 4.90 Å². The van der Waals surface area contributed by atoms with Crippen LogP contribution in [0.25, 0.3) is 0 Å². The van der Waals surface area contributed by atoms with Crippen molar-refractivity contribution >= 4 is 46.6 Å². The first-order valence-electron chi connectivity index (χ1n) is 7.17. The number of carbonyl (C=O) groups excluding carboxylic acids is 3. The van der Waals surface area contributed by atoms with Crippen molar-refractivity contribution in [1.29, 1.82) is 0 Å². The minimum atomic E-state index is -0.385. The van der Waals surface area contributed by atoms with Gasteiger partial charge in [-0.05, 0) is 30.3 Å². The Morgan fingerprint density at radius 2 is 1.62 bits per heavy atom. The lowest BCUT2D eigenvalue weighted by molar-refractivity contribution is -0.116. The van der Waals surface area contributed by atoms with Gasteiger partial charge in [0, 0.05) is 18.0 Å². The Balaban J connectivity index is 1.64. The molecule has 0 bridgehead atoms. The molecule has 1 aliphatic rings. The van der Waals surface area contributed by atoms with Gasteiger partial charge < -0.3 is 5.32 Å². The molecular formula is C17H12Cl2N2O3. The molecule has 0 atom stereocenters. The zero-order valence-electron chi connectivity index (χ0n) is 12.4. The molecule has 0 aromatic heterocycles. The molecule has 7 heteroatoms. The first-order chi connectivity index (χ1) is 11.5. The Morgan fingerprint density at radius 3 is 2.25 bits per heavy atom. The number of halogens is 2. The van der Waals surface area contributed by atoms with Crippen LogP contribution in [0.5, 0.6) is 0 Å². The second-order valence-electron chi connectivity index (χ2n) is 5.23. The van der Waals surface area contributed by atoms with E-state index in [1.807, 2.05) is 0 Å². The Labute approximate surface area is 148 Å². The van der Waals surface area contributed by atoms with Gasteiger partial charge in [0.1, 0.15) is 0 Å². The summed E-state index contributed by atoms with van der Waals surface area (Å²) in [6.07, 6.45) is -0.0334. The number of nitrogens with one attached hydrogen (secondary N) is 1. The smallest absolute Gasteiger partial charge is 0.261 e. The van der Waals surface area contributed by atoms with Crippen LogP contribution < -0.4 is 5.32 Å². The van der Waals surface area contributed by atoms with Gasteiger partial charge in [-0.2, -0.15) is 0 Å². The average Bonchev–Trinajstić information content (AvgIpc) is 2.81. The van der Waals surface area contributed by atoms with Crippen LogP contribution in [-0.2, 0) is 4.79 Å². The van der Waals surface area contributed by atoms with Crippen molar-refractivity contribution in [2.24, 2.45) is 0 Å². The topological polar surface area (TPSA) is 66.5 Å². The Bertz CT molecular complexity index is 816. The van der Waals surface area contributed by atoms with E-state index in [9.17, 15) is 14.4 Å². The van der Waals surface area contributed by atoms with E-state index in [4.69, 9.17) is 23.2 Å². The number of imide groups is 1. The van der Waals surface area contributed by atoms with Crippen LogP contribution in [0, 0.1) is 0 Å². The van der Waals surface area contributed by atoms with E-state index in [-0.39, 0.29) is 30.7 Å². The van der Waals surface area contributed by atoms with Crippen LogP contribution >= 0.6 is 23.2 Å². The summed E-state index contributed by atoms with van der Waals surface area (Å²) in [5, 5.41) is 3.42. The molecule has 2 aromatic rings. The summed E-state index contributed by atoms with van der Waals surface area (Å²) in [6, 6.07) is 11.3. The van der Waals surface area contributed by atoms with Crippen LogP contribution in [-0.4, -0.2) is 29.2 Å². The summed E-state index contributed by atoms with van der Waals surface area (Å²) in [6.45, 7) is -0.00361. The van der Waals surface area contributed by atoms with Crippen molar-refractivity contribution in [2.45, 2.75) is 6.42 Å². The highest BCUT2D eigenvalue weighted by Gasteiger charge is 2.34. The van der Waals surface area contributed by atoms with Gasteiger partial charge in [0.25, 0.3) is 11.8 Å². The van der Waals surface area contributed by atoms with Crippen molar-refractivity contribution in [3.05, 3.63) is 63.6 Å². The molecule has 0 saturated carbocycles. The first-order valence-corrected chi connectivity index (χ1v) is 7.93. The maximum Gasteiger partial charge on any atom is 0.261 e. The molecule has 1 N–H and O–H groups in total. The van der Waals surface area contributed by atoms with Crippen LogP contribution in [0.3, 0.4) is 0 Å². The van der Waals surface area contributed by atoms with E-state index in [1.54, 1.807) is 36.4 Å². The number of anilines is 1.